The molecule has 8 heteroatoms. The summed E-state index contributed by atoms with van der Waals surface area (Å²) in [4.78, 5) is 7.53. The third-order valence-corrected chi connectivity index (χ3v) is 6.05. The number of aromatic nitrogens is 5. The molecule has 3 aromatic rings. The second-order valence-corrected chi connectivity index (χ2v) is 8.57. The first-order chi connectivity index (χ1) is 15.0. The van der Waals surface area contributed by atoms with E-state index in [0.29, 0.717) is 11.8 Å². The van der Waals surface area contributed by atoms with Crippen molar-refractivity contribution in [2.24, 2.45) is 11.8 Å². The first-order valence-corrected chi connectivity index (χ1v) is 11.7. The van der Waals surface area contributed by atoms with Gasteiger partial charge in [-0.25, -0.2) is 13.8 Å². The Morgan fingerprint density at radius 1 is 1.23 bits per heavy atom. The number of hydrogen-bond acceptors (Lipinski definition) is 4. The molecule has 0 saturated heterocycles. The summed E-state index contributed by atoms with van der Waals surface area (Å²) in [5, 5.41) is 11.5. The van der Waals surface area contributed by atoms with Crippen LogP contribution in [0.15, 0.2) is 18.5 Å². The zero-order valence-electron chi connectivity index (χ0n) is 19.2. The molecule has 3 aromatic heterocycles. The van der Waals surface area contributed by atoms with Gasteiger partial charge in [-0.2, -0.15) is 0 Å². The van der Waals surface area contributed by atoms with Gasteiger partial charge in [0.25, 0.3) is 5.92 Å². The van der Waals surface area contributed by atoms with E-state index in [2.05, 4.69) is 42.9 Å². The fourth-order valence-corrected chi connectivity index (χ4v) is 4.32. The summed E-state index contributed by atoms with van der Waals surface area (Å²) < 4.78 is 26.4. The molecule has 5 rings (SSSR count). The zero-order chi connectivity index (χ0) is 22.4. The molecule has 0 radical (unpaired) electrons. The van der Waals surface area contributed by atoms with Crippen molar-refractivity contribution >= 4 is 16.8 Å². The molecule has 2 aliphatic carbocycles. The van der Waals surface area contributed by atoms with Crippen LogP contribution in [0.2, 0.25) is 0 Å². The van der Waals surface area contributed by atoms with E-state index in [1.165, 1.54) is 38.5 Å². The minimum absolute atomic E-state index is 0. The maximum Gasteiger partial charge on any atom is 0.257 e. The zero-order valence-corrected chi connectivity index (χ0v) is 19.2. The molecular formula is C23H38F2N6. The van der Waals surface area contributed by atoms with E-state index in [9.17, 15) is 8.78 Å². The molecule has 2 atom stereocenters. The van der Waals surface area contributed by atoms with Gasteiger partial charge in [0, 0.05) is 20.5 Å². The fraction of sp³-hybridized carbons (Fsp3) is 0.696. The Balaban J connectivity index is 0.000000240. The van der Waals surface area contributed by atoms with Crippen LogP contribution in [-0.4, -0.2) is 43.6 Å². The van der Waals surface area contributed by atoms with Gasteiger partial charge in [-0.3, -0.25) is 4.40 Å². The molecule has 2 saturated carbocycles. The quantitative estimate of drug-likeness (QED) is 0.511. The normalized spacial score (nSPS) is 21.0. The average Bonchev–Trinajstić information content (AvgIpc) is 3.15. The van der Waals surface area contributed by atoms with Gasteiger partial charge in [-0.15, -0.1) is 10.2 Å². The highest BCUT2D eigenvalue weighted by Gasteiger charge is 2.31. The number of alkyl halides is 2. The molecule has 0 aliphatic heterocycles. The molecular weight excluding hydrogens is 398 g/mol. The van der Waals surface area contributed by atoms with E-state index in [4.69, 9.17) is 0 Å². The van der Waals surface area contributed by atoms with Gasteiger partial charge in [-0.05, 0) is 50.1 Å². The maximum absolute atomic E-state index is 12.1. The molecule has 2 aliphatic rings. The third kappa shape index (κ3) is 5.99. The predicted molar refractivity (Wildman–Crippen MR) is 123 cm³/mol. The van der Waals surface area contributed by atoms with Crippen molar-refractivity contribution in [3.63, 3.8) is 0 Å². The van der Waals surface area contributed by atoms with Crippen LogP contribution in [0.3, 0.4) is 0 Å². The standard InChI is InChI=1S/C14H17N5.C7H13F2N.C2H6.H2/c1-2-9-4-3-5-10(9)14-18-17-12-8-16-13-11(19(12)14)6-7-15-13;1-7(8,9)5-10-4-6-2-3-6;1-2;/h6-10,15H,2-5H2,1H3;6,10H,2-5H2,1H3;1-2H3;1H/t9-,10+;;;/m1.../s1. The number of H-pyrrole nitrogens is 1. The highest BCUT2D eigenvalue weighted by molar-refractivity contribution is 5.74. The number of aromatic amines is 1. The molecule has 6 nitrogen and oxygen atoms in total. The second-order valence-electron chi connectivity index (χ2n) is 8.57. The van der Waals surface area contributed by atoms with Gasteiger partial charge < -0.3 is 10.3 Å². The molecule has 31 heavy (non-hydrogen) atoms. The topological polar surface area (TPSA) is 70.9 Å². The van der Waals surface area contributed by atoms with Gasteiger partial charge >= 0.3 is 0 Å². The Morgan fingerprint density at radius 2 is 2.00 bits per heavy atom. The summed E-state index contributed by atoms with van der Waals surface area (Å²) in [6.45, 7) is 7.81. The smallest absolute Gasteiger partial charge is 0.257 e. The second kappa shape index (κ2) is 10.5. The Labute approximate surface area is 184 Å². The Kier molecular flexibility index (Phi) is 7.97. The molecule has 2 fully saturated rings. The molecule has 0 aromatic carbocycles. The monoisotopic (exact) mass is 436 g/mol. The number of rotatable bonds is 6. The van der Waals surface area contributed by atoms with Gasteiger partial charge in [0.05, 0.1) is 18.3 Å². The van der Waals surface area contributed by atoms with Crippen molar-refractivity contribution in [3.8, 4) is 0 Å². The summed E-state index contributed by atoms with van der Waals surface area (Å²) in [7, 11) is 0. The number of nitrogens with zero attached hydrogens (tertiary/aromatic N) is 4. The summed E-state index contributed by atoms with van der Waals surface area (Å²) >= 11 is 0. The largest absolute Gasteiger partial charge is 0.345 e. The van der Waals surface area contributed by atoms with Crippen LogP contribution in [0.1, 0.15) is 79.4 Å². The molecule has 3 heterocycles. The average molecular weight is 437 g/mol. The fourth-order valence-electron chi connectivity index (χ4n) is 4.32. The number of fused-ring (bicyclic) bond motifs is 3. The SMILES string of the molecule is CC.CC(F)(F)CNCC1CC1.CC[C@@H]1CCC[C@@H]1c1nnc2cnc3[nH]ccc3n12.[HH]. The van der Waals surface area contributed by atoms with E-state index in [0.717, 1.165) is 42.0 Å². The Hall–Kier alpha value is -2.09. The van der Waals surface area contributed by atoms with E-state index in [1.54, 1.807) is 6.20 Å². The number of nitrogens with one attached hydrogen (secondary N) is 2. The van der Waals surface area contributed by atoms with Crippen LogP contribution in [0, 0.1) is 11.8 Å². The van der Waals surface area contributed by atoms with Crippen molar-refractivity contribution in [3.05, 3.63) is 24.3 Å². The lowest BCUT2D eigenvalue weighted by Gasteiger charge is -2.16. The van der Waals surface area contributed by atoms with Gasteiger partial charge in [-0.1, -0.05) is 33.6 Å². The lowest BCUT2D eigenvalue weighted by Crippen LogP contribution is -2.31. The molecule has 2 N–H and O–H groups in total. The summed E-state index contributed by atoms with van der Waals surface area (Å²) in [5.74, 6) is 0.540. The number of halogens is 2. The van der Waals surface area contributed by atoms with Crippen LogP contribution in [0.5, 0.6) is 0 Å². The van der Waals surface area contributed by atoms with Crippen LogP contribution >= 0.6 is 0 Å². The van der Waals surface area contributed by atoms with Crippen molar-refractivity contribution in [1.29, 1.82) is 0 Å². The van der Waals surface area contributed by atoms with Crippen molar-refractivity contribution < 1.29 is 10.2 Å². The summed E-state index contributed by atoms with van der Waals surface area (Å²) in [6.07, 6.45) is 11.2. The summed E-state index contributed by atoms with van der Waals surface area (Å²) in [6, 6.07) is 2.05. The van der Waals surface area contributed by atoms with Crippen LogP contribution < -0.4 is 5.32 Å². The minimum Gasteiger partial charge on any atom is -0.345 e. The lowest BCUT2D eigenvalue weighted by atomic mass is 9.93. The van der Waals surface area contributed by atoms with Crippen molar-refractivity contribution in [2.45, 2.75) is 78.1 Å². The molecule has 0 amide bonds. The van der Waals surface area contributed by atoms with Crippen LogP contribution in [0.4, 0.5) is 8.78 Å². The van der Waals surface area contributed by atoms with Crippen molar-refractivity contribution in [2.75, 3.05) is 13.1 Å². The van der Waals surface area contributed by atoms with Gasteiger partial charge in [0.1, 0.15) is 5.82 Å². The minimum atomic E-state index is -2.55. The Bertz CT molecular complexity index is 947. The molecule has 0 bridgehead atoms. The van der Waals surface area contributed by atoms with E-state index in [-0.39, 0.29) is 7.97 Å². The summed E-state index contributed by atoms with van der Waals surface area (Å²) in [5.41, 5.74) is 2.84. The highest BCUT2D eigenvalue weighted by atomic mass is 19.3. The van der Waals surface area contributed by atoms with Gasteiger partial charge in [0.2, 0.25) is 0 Å². The maximum atomic E-state index is 12.1. The first kappa shape index (κ1) is 23.6. The highest BCUT2D eigenvalue weighted by Crippen LogP contribution is 2.41. The molecule has 0 spiro atoms. The van der Waals surface area contributed by atoms with E-state index >= 15 is 0 Å². The van der Waals surface area contributed by atoms with Crippen LogP contribution in [-0.2, 0) is 0 Å². The van der Waals surface area contributed by atoms with E-state index < -0.39 is 5.92 Å². The predicted octanol–water partition coefficient (Wildman–Crippen LogP) is 5.81. The Morgan fingerprint density at radius 3 is 2.68 bits per heavy atom. The molecule has 0 unspecified atom stereocenters. The van der Waals surface area contributed by atoms with Crippen LogP contribution in [0.25, 0.3) is 16.8 Å². The lowest BCUT2D eigenvalue weighted by molar-refractivity contribution is 0.0227. The first-order valence-electron chi connectivity index (χ1n) is 11.7. The van der Waals surface area contributed by atoms with Gasteiger partial charge in [0.15, 0.2) is 11.3 Å². The van der Waals surface area contributed by atoms with Crippen molar-refractivity contribution in [1.82, 2.24) is 29.9 Å². The number of hydrogen-bond donors (Lipinski definition) is 2. The third-order valence-electron chi connectivity index (χ3n) is 6.05. The molecule has 174 valence electrons. The van der Waals surface area contributed by atoms with E-state index in [1.807, 2.05) is 20.0 Å².